The lowest BCUT2D eigenvalue weighted by Gasteiger charge is -2.40. The molecular formula is C30H30F2N6O4S. The largest absolute Gasteiger partial charge is 0.375 e. The van der Waals surface area contributed by atoms with Crippen molar-refractivity contribution in [2.75, 3.05) is 27.2 Å². The first-order valence-electron chi connectivity index (χ1n) is 13.4. The summed E-state index contributed by atoms with van der Waals surface area (Å²) in [5.41, 5.74) is 1.31. The van der Waals surface area contributed by atoms with Crippen LogP contribution in [0.5, 0.6) is 0 Å². The van der Waals surface area contributed by atoms with E-state index in [-0.39, 0.29) is 17.0 Å². The highest BCUT2D eigenvalue weighted by molar-refractivity contribution is 7.89. The number of rotatable bonds is 7. The van der Waals surface area contributed by atoms with Gasteiger partial charge in [-0.25, -0.2) is 26.9 Å². The van der Waals surface area contributed by atoms with E-state index in [9.17, 15) is 27.1 Å². The fourth-order valence-electron chi connectivity index (χ4n) is 5.39. The van der Waals surface area contributed by atoms with Gasteiger partial charge in [-0.2, -0.15) is 5.10 Å². The Labute approximate surface area is 247 Å². The zero-order valence-corrected chi connectivity index (χ0v) is 24.8. The molecule has 0 aliphatic carbocycles. The van der Waals surface area contributed by atoms with Gasteiger partial charge in [-0.1, -0.05) is 18.1 Å². The van der Waals surface area contributed by atoms with Gasteiger partial charge in [-0.15, -0.1) is 0 Å². The Balaban J connectivity index is 1.72. The van der Waals surface area contributed by atoms with Gasteiger partial charge >= 0.3 is 0 Å². The maximum Gasteiger partial charge on any atom is 0.260 e. The summed E-state index contributed by atoms with van der Waals surface area (Å²) in [6.07, 6.45) is -0.0133. The first-order valence-corrected chi connectivity index (χ1v) is 14.8. The molecule has 224 valence electrons. The molecule has 1 saturated heterocycles. The molecule has 5 rings (SSSR count). The minimum absolute atomic E-state index is 0.0133. The van der Waals surface area contributed by atoms with Crippen LogP contribution < -0.4 is 10.0 Å². The zero-order chi connectivity index (χ0) is 31.1. The van der Waals surface area contributed by atoms with Gasteiger partial charge in [-0.3, -0.25) is 14.4 Å². The molecule has 0 unspecified atom stereocenters. The number of β-amino-alcohol motifs (C(OH)–C–C–N with tert-alkyl or cyclic N) is 1. The lowest BCUT2D eigenvalue weighted by Crippen LogP contribution is -2.59. The number of hydrogen-bond donors (Lipinski definition) is 3. The van der Waals surface area contributed by atoms with Crippen LogP contribution in [0, 0.1) is 23.5 Å². The number of hydrogen-bond acceptors (Lipinski definition) is 7. The Morgan fingerprint density at radius 3 is 2.44 bits per heavy atom. The van der Waals surface area contributed by atoms with E-state index in [1.165, 1.54) is 30.8 Å². The van der Waals surface area contributed by atoms with Crippen LogP contribution in [0.25, 0.3) is 22.0 Å². The fourth-order valence-corrected chi connectivity index (χ4v) is 6.26. The lowest BCUT2D eigenvalue weighted by molar-refractivity contribution is -0.119. The SMILES string of the molecule is CNS(=O)(=O)c1nn(C)c2c(-c3ccc(C#CC4(O)CN(C)C4)nc3[C@H](Cc3cc(F)cc(F)c3)NC(C)=O)cccc12. The third-order valence-corrected chi connectivity index (χ3v) is 8.47. The van der Waals surface area contributed by atoms with E-state index >= 15 is 0 Å². The summed E-state index contributed by atoms with van der Waals surface area (Å²) in [5.74, 6) is 3.86. The molecule has 1 aliphatic rings. The molecule has 3 heterocycles. The lowest BCUT2D eigenvalue weighted by atomic mass is 9.93. The number of carbonyl (C=O) groups excluding carboxylic acids is 1. The predicted octanol–water partition coefficient (Wildman–Crippen LogP) is 2.27. The van der Waals surface area contributed by atoms with Crippen molar-refractivity contribution >= 4 is 26.8 Å². The van der Waals surface area contributed by atoms with Crippen LogP contribution in [-0.2, 0) is 28.3 Å². The Morgan fingerprint density at radius 1 is 1.12 bits per heavy atom. The average Bonchev–Trinajstić information content (AvgIpc) is 3.27. The Morgan fingerprint density at radius 2 is 1.81 bits per heavy atom. The third kappa shape index (κ3) is 6.28. The molecule has 1 amide bonds. The molecule has 2 aromatic heterocycles. The van der Waals surface area contributed by atoms with Crippen molar-refractivity contribution in [1.82, 2.24) is 29.7 Å². The molecular weight excluding hydrogens is 578 g/mol. The number of fused-ring (bicyclic) bond motifs is 1. The molecule has 10 nitrogen and oxygen atoms in total. The van der Waals surface area contributed by atoms with Crippen LogP contribution in [0.2, 0.25) is 0 Å². The highest BCUT2D eigenvalue weighted by Crippen LogP contribution is 2.36. The number of likely N-dealkylation sites (N-methyl/N-ethyl adjacent to an activating group) is 1. The molecule has 0 radical (unpaired) electrons. The summed E-state index contributed by atoms with van der Waals surface area (Å²) >= 11 is 0. The van der Waals surface area contributed by atoms with Gasteiger partial charge in [0.1, 0.15) is 17.3 Å². The average molecular weight is 609 g/mol. The molecule has 2 aromatic carbocycles. The van der Waals surface area contributed by atoms with Crippen molar-refractivity contribution in [3.63, 3.8) is 0 Å². The second-order valence-electron chi connectivity index (χ2n) is 10.7. The quantitative estimate of drug-likeness (QED) is 0.275. The van der Waals surface area contributed by atoms with Crippen LogP contribution >= 0.6 is 0 Å². The number of benzene rings is 2. The van der Waals surface area contributed by atoms with E-state index in [1.54, 1.807) is 37.4 Å². The number of likely N-dealkylation sites (tertiary alicyclic amines) is 1. The van der Waals surface area contributed by atoms with Crippen molar-refractivity contribution in [1.29, 1.82) is 0 Å². The summed E-state index contributed by atoms with van der Waals surface area (Å²) in [4.78, 5) is 19.1. The van der Waals surface area contributed by atoms with Crippen LogP contribution in [0.4, 0.5) is 8.78 Å². The van der Waals surface area contributed by atoms with Crippen molar-refractivity contribution in [2.45, 2.75) is 30.0 Å². The van der Waals surface area contributed by atoms with Gasteiger partial charge in [0, 0.05) is 49.6 Å². The first kappa shape index (κ1) is 30.2. The summed E-state index contributed by atoms with van der Waals surface area (Å²) < 4.78 is 57.5. The number of nitrogens with zero attached hydrogens (tertiary/aromatic N) is 4. The third-order valence-electron chi connectivity index (χ3n) is 7.12. The smallest absolute Gasteiger partial charge is 0.260 e. The summed E-state index contributed by atoms with van der Waals surface area (Å²) in [5, 5.41) is 17.9. The van der Waals surface area contributed by atoms with E-state index in [2.05, 4.69) is 27.0 Å². The number of halogens is 2. The Bertz CT molecular complexity index is 1890. The number of aromatic nitrogens is 3. The van der Waals surface area contributed by atoms with Crippen molar-refractivity contribution < 1.29 is 27.1 Å². The van der Waals surface area contributed by atoms with Gasteiger partial charge in [-0.05, 0) is 62.3 Å². The number of amides is 1. The molecule has 0 spiro atoms. The molecule has 3 N–H and O–H groups in total. The number of nitrogens with one attached hydrogen (secondary N) is 2. The standard InChI is InChI=1S/C30H30F2N6O4S/c1-18(39)34-26(14-19-12-20(31)15-21(32)13-19)27-23(9-8-22(35-27)10-11-30(40)16-37(3)17-30)24-6-5-7-25-28(24)38(4)36-29(25)43(41,42)33-2/h5-9,12-13,15,26,33,40H,14,16-17H2,1-4H3,(H,34,39)/t26-/m0/s1. The summed E-state index contributed by atoms with van der Waals surface area (Å²) in [6.45, 7) is 2.08. The minimum Gasteiger partial charge on any atom is -0.375 e. The van der Waals surface area contributed by atoms with Gasteiger partial charge in [0.05, 0.1) is 17.3 Å². The highest BCUT2D eigenvalue weighted by Gasteiger charge is 2.37. The number of carbonyl (C=O) groups is 1. The minimum atomic E-state index is -3.89. The van der Waals surface area contributed by atoms with Crippen molar-refractivity contribution in [3.05, 3.63) is 77.1 Å². The number of para-hydroxylation sites is 1. The Kier molecular flexibility index (Phi) is 8.06. The molecule has 1 fully saturated rings. The first-order chi connectivity index (χ1) is 20.3. The van der Waals surface area contributed by atoms with E-state index in [4.69, 9.17) is 4.98 Å². The second kappa shape index (κ2) is 11.5. The van der Waals surface area contributed by atoms with Crippen LogP contribution in [-0.4, -0.2) is 71.9 Å². The van der Waals surface area contributed by atoms with Gasteiger partial charge < -0.3 is 10.4 Å². The summed E-state index contributed by atoms with van der Waals surface area (Å²) in [6, 6.07) is 10.7. The van der Waals surface area contributed by atoms with Crippen molar-refractivity contribution in [3.8, 4) is 23.0 Å². The Hall–Kier alpha value is -4.22. The number of aryl methyl sites for hydroxylation is 1. The monoisotopic (exact) mass is 608 g/mol. The van der Waals surface area contributed by atoms with Crippen LogP contribution in [0.3, 0.4) is 0 Å². The molecule has 0 saturated carbocycles. The highest BCUT2D eigenvalue weighted by atomic mass is 32.2. The number of aliphatic hydroxyl groups is 1. The van der Waals surface area contributed by atoms with Crippen LogP contribution in [0.15, 0.2) is 53.6 Å². The normalized spacial score (nSPS) is 15.4. The molecule has 13 heteroatoms. The van der Waals surface area contributed by atoms with E-state index < -0.39 is 39.2 Å². The van der Waals surface area contributed by atoms with Gasteiger partial charge in [0.2, 0.25) is 5.91 Å². The van der Waals surface area contributed by atoms with Crippen LogP contribution in [0.1, 0.15) is 29.9 Å². The van der Waals surface area contributed by atoms with Gasteiger partial charge in [0.15, 0.2) is 10.6 Å². The maximum atomic E-state index is 14.1. The summed E-state index contributed by atoms with van der Waals surface area (Å²) in [7, 11) is 0.882. The molecule has 1 aliphatic heterocycles. The molecule has 4 aromatic rings. The van der Waals surface area contributed by atoms with E-state index in [0.717, 1.165) is 6.07 Å². The van der Waals surface area contributed by atoms with E-state index in [0.29, 0.717) is 46.5 Å². The van der Waals surface area contributed by atoms with Crippen molar-refractivity contribution in [2.24, 2.45) is 7.05 Å². The van der Waals surface area contributed by atoms with E-state index in [1.807, 2.05) is 11.9 Å². The fraction of sp³-hybridized carbons (Fsp3) is 0.300. The number of sulfonamides is 1. The maximum absolute atomic E-state index is 14.1. The topological polar surface area (TPSA) is 129 Å². The molecule has 1 atom stereocenters. The number of pyridine rings is 1. The molecule has 0 bridgehead atoms. The van der Waals surface area contributed by atoms with Gasteiger partial charge in [0.25, 0.3) is 10.0 Å². The predicted molar refractivity (Wildman–Crippen MR) is 156 cm³/mol. The zero-order valence-electron chi connectivity index (χ0n) is 23.9. The molecule has 43 heavy (non-hydrogen) atoms. The second-order valence-corrected chi connectivity index (χ2v) is 12.5.